The lowest BCUT2D eigenvalue weighted by Crippen LogP contribution is -2.01. The molecule has 0 unspecified atom stereocenters. The summed E-state index contributed by atoms with van der Waals surface area (Å²) >= 11 is 0. The zero-order chi connectivity index (χ0) is 14.0. The summed E-state index contributed by atoms with van der Waals surface area (Å²) in [4.78, 5) is 10.5. The van der Waals surface area contributed by atoms with Crippen molar-refractivity contribution in [2.24, 2.45) is 7.05 Å². The van der Waals surface area contributed by atoms with Crippen LogP contribution in [-0.4, -0.2) is 14.7 Å². The number of nitro benzene ring substituents is 1. The highest BCUT2D eigenvalue weighted by Crippen LogP contribution is 2.22. The first-order valence-corrected chi connectivity index (χ1v) is 5.95. The highest BCUT2D eigenvalue weighted by atomic mass is 16.6. The Morgan fingerprint density at radius 3 is 2.74 bits per heavy atom. The normalized spacial score (nSPS) is 10.5. The van der Waals surface area contributed by atoms with Crippen molar-refractivity contribution in [1.82, 2.24) is 9.78 Å². The van der Waals surface area contributed by atoms with Gasteiger partial charge in [0.1, 0.15) is 0 Å². The maximum Gasteiger partial charge on any atom is 0.274 e. The van der Waals surface area contributed by atoms with E-state index in [9.17, 15) is 10.1 Å². The lowest BCUT2D eigenvalue weighted by molar-refractivity contribution is -0.385. The molecule has 2 aromatic rings. The second-order valence-corrected chi connectivity index (χ2v) is 4.53. The number of aromatic nitrogens is 2. The average Bonchev–Trinajstić information content (AvgIpc) is 2.66. The summed E-state index contributed by atoms with van der Waals surface area (Å²) in [6.07, 6.45) is 1.94. The number of hydrogen-bond acceptors (Lipinski definition) is 4. The van der Waals surface area contributed by atoms with E-state index in [0.29, 0.717) is 12.1 Å². The van der Waals surface area contributed by atoms with Gasteiger partial charge in [-0.3, -0.25) is 14.8 Å². The van der Waals surface area contributed by atoms with Gasteiger partial charge in [-0.25, -0.2) is 0 Å². The molecule has 0 radical (unpaired) electrons. The van der Waals surface area contributed by atoms with E-state index in [1.165, 1.54) is 0 Å². The van der Waals surface area contributed by atoms with Crippen molar-refractivity contribution in [2.45, 2.75) is 20.4 Å². The predicted molar refractivity (Wildman–Crippen MR) is 73.1 cm³/mol. The van der Waals surface area contributed by atoms with Crippen LogP contribution in [0.4, 0.5) is 11.4 Å². The third-order valence-electron chi connectivity index (χ3n) is 3.00. The van der Waals surface area contributed by atoms with Gasteiger partial charge in [-0.2, -0.15) is 5.10 Å². The van der Waals surface area contributed by atoms with E-state index >= 15 is 0 Å². The Bertz CT molecular complexity index is 619. The fourth-order valence-corrected chi connectivity index (χ4v) is 1.94. The van der Waals surface area contributed by atoms with Gasteiger partial charge in [0, 0.05) is 42.7 Å². The second-order valence-electron chi connectivity index (χ2n) is 4.53. The average molecular weight is 260 g/mol. The maximum absolute atomic E-state index is 10.9. The first-order chi connectivity index (χ1) is 8.97. The monoisotopic (exact) mass is 260 g/mol. The van der Waals surface area contributed by atoms with Gasteiger partial charge in [0.15, 0.2) is 0 Å². The minimum atomic E-state index is -0.365. The number of hydrogen-bond donors (Lipinski definition) is 1. The van der Waals surface area contributed by atoms with Crippen molar-refractivity contribution in [2.75, 3.05) is 5.32 Å². The van der Waals surface area contributed by atoms with Gasteiger partial charge >= 0.3 is 0 Å². The highest BCUT2D eigenvalue weighted by molar-refractivity contribution is 5.55. The van der Waals surface area contributed by atoms with Crippen LogP contribution in [-0.2, 0) is 13.6 Å². The lowest BCUT2D eigenvalue weighted by Gasteiger charge is -2.06. The minimum Gasteiger partial charge on any atom is -0.381 e. The van der Waals surface area contributed by atoms with E-state index in [-0.39, 0.29) is 10.6 Å². The van der Waals surface area contributed by atoms with E-state index in [0.717, 1.165) is 16.9 Å². The molecule has 1 heterocycles. The first kappa shape index (κ1) is 13.1. The minimum absolute atomic E-state index is 0.132. The van der Waals surface area contributed by atoms with Crippen molar-refractivity contribution in [3.05, 3.63) is 51.3 Å². The Balaban J connectivity index is 2.14. The smallest absolute Gasteiger partial charge is 0.274 e. The molecule has 100 valence electrons. The number of nitro groups is 1. The van der Waals surface area contributed by atoms with E-state index < -0.39 is 0 Å². The zero-order valence-electron chi connectivity index (χ0n) is 11.2. The maximum atomic E-state index is 10.9. The van der Waals surface area contributed by atoms with Gasteiger partial charge in [0.2, 0.25) is 0 Å². The van der Waals surface area contributed by atoms with E-state index in [1.807, 2.05) is 26.2 Å². The van der Waals surface area contributed by atoms with Crippen LogP contribution in [0.25, 0.3) is 0 Å². The van der Waals surface area contributed by atoms with Crippen LogP contribution in [0.1, 0.15) is 16.8 Å². The highest BCUT2D eigenvalue weighted by Gasteiger charge is 2.11. The molecule has 0 aliphatic carbocycles. The van der Waals surface area contributed by atoms with Crippen molar-refractivity contribution < 1.29 is 4.92 Å². The van der Waals surface area contributed by atoms with Gasteiger partial charge in [0.25, 0.3) is 5.69 Å². The molecule has 1 N–H and O–H groups in total. The van der Waals surface area contributed by atoms with Crippen LogP contribution < -0.4 is 5.32 Å². The van der Waals surface area contributed by atoms with Gasteiger partial charge in [-0.15, -0.1) is 0 Å². The molecule has 0 saturated carbocycles. The molecule has 0 amide bonds. The first-order valence-electron chi connectivity index (χ1n) is 5.95. The summed E-state index contributed by atoms with van der Waals surface area (Å²) in [6.45, 7) is 4.27. The molecule has 1 aromatic heterocycles. The van der Waals surface area contributed by atoms with E-state index in [1.54, 1.807) is 23.7 Å². The number of aryl methyl sites for hydroxylation is 3. The standard InChI is InChI=1S/C13H16N4O2/c1-9-4-5-12(6-13(9)17(18)19)14-7-11-8-16(3)15-10(11)2/h4-6,8,14H,7H2,1-3H3. The summed E-state index contributed by atoms with van der Waals surface area (Å²) in [5.41, 5.74) is 3.56. The third kappa shape index (κ3) is 2.90. The molecule has 0 atom stereocenters. The Morgan fingerprint density at radius 2 is 2.16 bits per heavy atom. The van der Waals surface area contributed by atoms with Crippen LogP contribution in [0.2, 0.25) is 0 Å². The molecule has 19 heavy (non-hydrogen) atoms. The Labute approximate surface area is 111 Å². The van der Waals surface area contributed by atoms with Gasteiger partial charge in [0.05, 0.1) is 10.6 Å². The van der Waals surface area contributed by atoms with Crippen LogP contribution >= 0.6 is 0 Å². The molecule has 0 spiro atoms. The summed E-state index contributed by atoms with van der Waals surface area (Å²) < 4.78 is 1.75. The number of nitrogens with zero attached hydrogens (tertiary/aromatic N) is 3. The van der Waals surface area contributed by atoms with Gasteiger partial charge in [-0.1, -0.05) is 6.07 Å². The van der Waals surface area contributed by atoms with Crippen molar-refractivity contribution >= 4 is 11.4 Å². The molecule has 1 aromatic carbocycles. The Kier molecular flexibility index (Phi) is 3.50. The quantitative estimate of drug-likeness (QED) is 0.677. The Morgan fingerprint density at radius 1 is 1.42 bits per heavy atom. The van der Waals surface area contributed by atoms with Gasteiger partial charge < -0.3 is 5.32 Å². The molecule has 0 bridgehead atoms. The van der Waals surface area contributed by atoms with Crippen LogP contribution in [0.15, 0.2) is 24.4 Å². The van der Waals surface area contributed by atoms with Crippen LogP contribution in [0.3, 0.4) is 0 Å². The van der Waals surface area contributed by atoms with Crippen molar-refractivity contribution in [3.63, 3.8) is 0 Å². The number of nitrogens with one attached hydrogen (secondary N) is 1. The lowest BCUT2D eigenvalue weighted by atomic mass is 10.2. The molecular weight excluding hydrogens is 244 g/mol. The Hall–Kier alpha value is -2.37. The number of benzene rings is 1. The molecule has 0 saturated heterocycles. The number of anilines is 1. The second kappa shape index (κ2) is 5.09. The largest absolute Gasteiger partial charge is 0.381 e. The molecule has 0 fully saturated rings. The molecule has 2 rings (SSSR count). The fourth-order valence-electron chi connectivity index (χ4n) is 1.94. The molecule has 0 aliphatic rings. The van der Waals surface area contributed by atoms with Crippen molar-refractivity contribution in [3.8, 4) is 0 Å². The molecule has 6 nitrogen and oxygen atoms in total. The number of rotatable bonds is 4. The SMILES string of the molecule is Cc1ccc(NCc2cn(C)nc2C)cc1[N+](=O)[O-]. The molecule has 0 aliphatic heterocycles. The topological polar surface area (TPSA) is 73.0 Å². The summed E-state index contributed by atoms with van der Waals surface area (Å²) in [7, 11) is 1.87. The molecular formula is C13H16N4O2. The van der Waals surface area contributed by atoms with Crippen LogP contribution in [0, 0.1) is 24.0 Å². The summed E-state index contributed by atoms with van der Waals surface area (Å²) in [5, 5.41) is 18.3. The van der Waals surface area contributed by atoms with E-state index in [2.05, 4.69) is 10.4 Å². The summed E-state index contributed by atoms with van der Waals surface area (Å²) in [6, 6.07) is 5.14. The third-order valence-corrected chi connectivity index (χ3v) is 3.00. The van der Waals surface area contributed by atoms with Crippen molar-refractivity contribution in [1.29, 1.82) is 0 Å². The summed E-state index contributed by atoms with van der Waals surface area (Å²) in [5.74, 6) is 0. The molecule has 6 heteroatoms. The van der Waals surface area contributed by atoms with Gasteiger partial charge in [-0.05, 0) is 19.9 Å². The van der Waals surface area contributed by atoms with Crippen LogP contribution in [0.5, 0.6) is 0 Å². The fraction of sp³-hybridized carbons (Fsp3) is 0.308. The van der Waals surface area contributed by atoms with E-state index in [4.69, 9.17) is 0 Å². The zero-order valence-corrected chi connectivity index (χ0v) is 11.2. The predicted octanol–water partition coefficient (Wildman–Crippen LogP) is 2.56.